The SMILES string of the molecule is CCCCN(CC(=O)N1c2ccccc2-n2cccc2[C@@H]1c1ccc(Cl)cc1)C(=O)Nc1cccc(CC)c1. The molecule has 2 heterocycles. The summed E-state index contributed by atoms with van der Waals surface area (Å²) < 4.78 is 2.13. The van der Waals surface area contributed by atoms with Gasteiger partial charge in [0.2, 0.25) is 5.91 Å². The molecule has 3 amide bonds. The van der Waals surface area contributed by atoms with E-state index in [1.54, 1.807) is 4.90 Å². The number of urea groups is 1. The maximum absolute atomic E-state index is 14.2. The number of para-hydroxylation sites is 2. The predicted octanol–water partition coefficient (Wildman–Crippen LogP) is 7.46. The number of anilines is 2. The fourth-order valence-corrected chi connectivity index (χ4v) is 5.26. The largest absolute Gasteiger partial charge is 0.322 e. The summed E-state index contributed by atoms with van der Waals surface area (Å²) >= 11 is 6.21. The first kappa shape index (κ1) is 26.6. The van der Waals surface area contributed by atoms with Crippen LogP contribution < -0.4 is 10.2 Å². The monoisotopic (exact) mass is 540 g/mol. The zero-order chi connectivity index (χ0) is 27.4. The molecular formula is C32H33ClN4O2. The van der Waals surface area contributed by atoms with Gasteiger partial charge in [-0.3, -0.25) is 9.69 Å². The normalized spacial score (nSPS) is 13.9. The molecule has 0 spiro atoms. The van der Waals surface area contributed by atoms with Crippen LogP contribution in [0.4, 0.5) is 16.2 Å². The minimum atomic E-state index is -0.364. The van der Waals surface area contributed by atoms with Gasteiger partial charge in [-0.15, -0.1) is 0 Å². The molecule has 1 atom stereocenters. The number of hydrogen-bond donors (Lipinski definition) is 1. The van der Waals surface area contributed by atoms with Gasteiger partial charge >= 0.3 is 6.03 Å². The Hall–Kier alpha value is -4.03. The maximum Gasteiger partial charge on any atom is 0.322 e. The Kier molecular flexibility index (Phi) is 8.03. The standard InChI is InChI=1S/C32H33ClN4O2/c1-3-5-19-35(32(39)34-26-11-8-10-23(4-2)21-26)22-30(38)37-28-13-7-6-12-27(28)36-20-9-14-29(36)31(37)24-15-17-25(33)18-16-24/h6-18,20-21,31H,3-5,19,22H2,1-2H3,(H,34,39)/t31-/m0/s1. The Bertz CT molecular complexity index is 1460. The van der Waals surface area contributed by atoms with Crippen molar-refractivity contribution >= 4 is 34.9 Å². The molecule has 6 nitrogen and oxygen atoms in total. The highest BCUT2D eigenvalue weighted by Gasteiger charge is 2.37. The Labute approximate surface area is 234 Å². The number of benzene rings is 3. The zero-order valence-electron chi connectivity index (χ0n) is 22.3. The van der Waals surface area contributed by atoms with Crippen LogP contribution in [0, 0.1) is 0 Å². The molecule has 39 heavy (non-hydrogen) atoms. The molecule has 0 radical (unpaired) electrons. The second kappa shape index (κ2) is 11.8. The molecule has 5 rings (SSSR count). The molecule has 0 bridgehead atoms. The Morgan fingerprint density at radius 3 is 2.44 bits per heavy atom. The lowest BCUT2D eigenvalue weighted by Gasteiger charge is -2.39. The van der Waals surface area contributed by atoms with Gasteiger partial charge in [0, 0.05) is 23.5 Å². The fraction of sp³-hybridized carbons (Fsp3) is 0.250. The van der Waals surface area contributed by atoms with Crippen molar-refractivity contribution in [1.82, 2.24) is 9.47 Å². The van der Waals surface area contributed by atoms with Gasteiger partial charge in [0.15, 0.2) is 0 Å². The number of amides is 3. The summed E-state index contributed by atoms with van der Waals surface area (Å²) in [5, 5.41) is 3.65. The first-order valence-corrected chi connectivity index (χ1v) is 13.9. The van der Waals surface area contributed by atoms with Crippen LogP contribution in [0.5, 0.6) is 0 Å². The van der Waals surface area contributed by atoms with Crippen molar-refractivity contribution in [1.29, 1.82) is 0 Å². The summed E-state index contributed by atoms with van der Waals surface area (Å²) in [5.41, 5.74) is 5.53. The van der Waals surface area contributed by atoms with Crippen LogP contribution in [0.1, 0.15) is 49.6 Å². The molecule has 1 aliphatic rings. The van der Waals surface area contributed by atoms with Crippen LogP contribution in [-0.2, 0) is 11.2 Å². The van der Waals surface area contributed by atoms with Gasteiger partial charge in [0.1, 0.15) is 12.6 Å². The summed E-state index contributed by atoms with van der Waals surface area (Å²) in [6.07, 6.45) is 4.61. The highest BCUT2D eigenvalue weighted by molar-refractivity contribution is 6.30. The second-order valence-electron chi connectivity index (χ2n) is 9.77. The third-order valence-electron chi connectivity index (χ3n) is 7.16. The van der Waals surface area contributed by atoms with Crippen LogP contribution in [-0.4, -0.2) is 34.5 Å². The minimum Gasteiger partial charge on any atom is -0.316 e. The van der Waals surface area contributed by atoms with Crippen molar-refractivity contribution in [3.05, 3.63) is 113 Å². The van der Waals surface area contributed by atoms with Gasteiger partial charge in [0.05, 0.1) is 17.1 Å². The number of rotatable bonds is 8. The van der Waals surface area contributed by atoms with E-state index in [2.05, 4.69) is 23.7 Å². The van der Waals surface area contributed by atoms with E-state index in [0.29, 0.717) is 11.6 Å². The van der Waals surface area contributed by atoms with E-state index in [1.165, 1.54) is 0 Å². The summed E-state index contributed by atoms with van der Waals surface area (Å²) in [5.74, 6) is -0.150. The van der Waals surface area contributed by atoms with Crippen LogP contribution in [0.25, 0.3) is 5.69 Å². The van der Waals surface area contributed by atoms with Gasteiger partial charge in [-0.05, 0) is 72.5 Å². The molecule has 0 unspecified atom stereocenters. The van der Waals surface area contributed by atoms with Crippen molar-refractivity contribution in [2.45, 2.75) is 39.2 Å². The number of hydrogen-bond acceptors (Lipinski definition) is 2. The van der Waals surface area contributed by atoms with Gasteiger partial charge in [-0.25, -0.2) is 4.79 Å². The van der Waals surface area contributed by atoms with E-state index in [9.17, 15) is 9.59 Å². The first-order valence-electron chi connectivity index (χ1n) is 13.5. The molecule has 1 N–H and O–H groups in total. The van der Waals surface area contributed by atoms with Crippen LogP contribution in [0.15, 0.2) is 91.1 Å². The topological polar surface area (TPSA) is 57.6 Å². The van der Waals surface area contributed by atoms with E-state index in [-0.39, 0.29) is 24.5 Å². The van der Waals surface area contributed by atoms with E-state index < -0.39 is 0 Å². The molecule has 0 saturated carbocycles. The number of aromatic nitrogens is 1. The lowest BCUT2D eigenvalue weighted by molar-refractivity contribution is -0.119. The number of carbonyl (C=O) groups is 2. The lowest BCUT2D eigenvalue weighted by atomic mass is 9.97. The van der Waals surface area contributed by atoms with Gasteiger partial charge < -0.3 is 14.8 Å². The van der Waals surface area contributed by atoms with Gasteiger partial charge in [-0.1, -0.05) is 68.3 Å². The number of nitrogens with one attached hydrogen (secondary N) is 1. The average molecular weight is 541 g/mol. The number of nitrogens with zero attached hydrogens (tertiary/aromatic N) is 3. The zero-order valence-corrected chi connectivity index (χ0v) is 23.1. The third-order valence-corrected chi connectivity index (χ3v) is 7.41. The van der Waals surface area contributed by atoms with Gasteiger partial charge in [-0.2, -0.15) is 0 Å². The fourth-order valence-electron chi connectivity index (χ4n) is 5.13. The Morgan fingerprint density at radius 2 is 1.69 bits per heavy atom. The molecule has 0 fully saturated rings. The van der Waals surface area contributed by atoms with Crippen LogP contribution in [0.2, 0.25) is 5.02 Å². The first-order chi connectivity index (χ1) is 19.0. The van der Waals surface area contributed by atoms with Crippen molar-refractivity contribution in [2.24, 2.45) is 0 Å². The predicted molar refractivity (Wildman–Crippen MR) is 158 cm³/mol. The lowest BCUT2D eigenvalue weighted by Crippen LogP contribution is -2.48. The van der Waals surface area contributed by atoms with Crippen LogP contribution in [0.3, 0.4) is 0 Å². The highest BCUT2D eigenvalue weighted by atomic mass is 35.5. The Morgan fingerprint density at radius 1 is 0.923 bits per heavy atom. The molecule has 7 heteroatoms. The second-order valence-corrected chi connectivity index (χ2v) is 10.2. The van der Waals surface area contributed by atoms with Crippen molar-refractivity contribution < 1.29 is 9.59 Å². The van der Waals surface area contributed by atoms with E-state index in [4.69, 9.17) is 11.6 Å². The van der Waals surface area contributed by atoms with Crippen molar-refractivity contribution in [3.8, 4) is 5.69 Å². The number of unbranched alkanes of at least 4 members (excludes halogenated alkanes) is 1. The van der Waals surface area contributed by atoms with E-state index >= 15 is 0 Å². The smallest absolute Gasteiger partial charge is 0.316 e. The maximum atomic E-state index is 14.2. The summed E-state index contributed by atoms with van der Waals surface area (Å²) in [6, 6.07) is 26.7. The van der Waals surface area contributed by atoms with Crippen LogP contribution >= 0.6 is 11.6 Å². The van der Waals surface area contributed by atoms with E-state index in [1.807, 2.05) is 96.0 Å². The molecular weight excluding hydrogens is 508 g/mol. The summed E-state index contributed by atoms with van der Waals surface area (Å²) in [7, 11) is 0. The molecule has 0 aliphatic carbocycles. The number of halogens is 1. The molecule has 200 valence electrons. The number of fused-ring (bicyclic) bond motifs is 3. The van der Waals surface area contributed by atoms with Crippen molar-refractivity contribution in [2.75, 3.05) is 23.3 Å². The highest BCUT2D eigenvalue weighted by Crippen LogP contribution is 2.42. The molecule has 1 aromatic heterocycles. The Balaban J connectivity index is 1.49. The summed E-state index contributed by atoms with van der Waals surface area (Å²) in [6.45, 7) is 4.60. The van der Waals surface area contributed by atoms with E-state index in [0.717, 1.165) is 53.1 Å². The quantitative estimate of drug-likeness (QED) is 0.252. The van der Waals surface area contributed by atoms with Crippen molar-refractivity contribution in [3.63, 3.8) is 0 Å². The average Bonchev–Trinajstić information content (AvgIpc) is 3.45. The third kappa shape index (κ3) is 5.57. The molecule has 3 aromatic carbocycles. The molecule has 4 aromatic rings. The minimum absolute atomic E-state index is 0.0432. The summed E-state index contributed by atoms with van der Waals surface area (Å²) in [4.78, 5) is 31.2. The molecule has 0 saturated heterocycles. The molecule has 1 aliphatic heterocycles. The van der Waals surface area contributed by atoms with Gasteiger partial charge in [0.25, 0.3) is 0 Å². The number of carbonyl (C=O) groups excluding carboxylic acids is 2. The number of aryl methyl sites for hydroxylation is 1.